The van der Waals surface area contributed by atoms with Gasteiger partial charge in [-0.1, -0.05) is 23.7 Å². The fraction of sp³-hybridized carbons (Fsp3) is 0.222. The number of benzene rings is 2. The number of hydrogen-bond acceptors (Lipinski definition) is 3. The molecule has 0 spiro atoms. The van der Waals surface area contributed by atoms with Crippen molar-refractivity contribution >= 4 is 34.8 Å². The van der Waals surface area contributed by atoms with Crippen LogP contribution in [0.1, 0.15) is 22.8 Å². The van der Waals surface area contributed by atoms with Gasteiger partial charge in [0.05, 0.1) is 6.54 Å². The molecular formula is C18H20ClN3O2. The molecule has 126 valence electrons. The van der Waals surface area contributed by atoms with Gasteiger partial charge in [0.1, 0.15) is 0 Å². The van der Waals surface area contributed by atoms with Gasteiger partial charge in [0.25, 0.3) is 5.91 Å². The van der Waals surface area contributed by atoms with Crippen molar-refractivity contribution in [3.63, 3.8) is 0 Å². The van der Waals surface area contributed by atoms with Gasteiger partial charge in [-0.25, -0.2) is 0 Å². The van der Waals surface area contributed by atoms with Crippen molar-refractivity contribution < 1.29 is 9.59 Å². The van der Waals surface area contributed by atoms with Crippen LogP contribution in [0.25, 0.3) is 0 Å². The minimum absolute atomic E-state index is 0.104. The van der Waals surface area contributed by atoms with Gasteiger partial charge in [-0.15, -0.1) is 0 Å². The molecule has 0 unspecified atom stereocenters. The maximum absolute atomic E-state index is 12.1. The van der Waals surface area contributed by atoms with E-state index in [4.69, 9.17) is 11.6 Å². The number of amides is 2. The van der Waals surface area contributed by atoms with Gasteiger partial charge < -0.3 is 16.0 Å². The summed E-state index contributed by atoms with van der Waals surface area (Å²) in [6.45, 7) is 4.45. The number of carbonyl (C=O) groups is 2. The lowest BCUT2D eigenvalue weighted by molar-refractivity contribution is -0.114. The molecule has 0 bridgehead atoms. The van der Waals surface area contributed by atoms with E-state index in [1.165, 1.54) is 0 Å². The Labute approximate surface area is 146 Å². The normalized spacial score (nSPS) is 10.1. The van der Waals surface area contributed by atoms with Gasteiger partial charge in [-0.05, 0) is 49.7 Å². The van der Waals surface area contributed by atoms with Gasteiger partial charge in [-0.2, -0.15) is 0 Å². The minimum atomic E-state index is -0.206. The molecule has 0 aliphatic rings. The monoisotopic (exact) mass is 345 g/mol. The van der Waals surface area contributed by atoms with Crippen LogP contribution in [0.15, 0.2) is 42.5 Å². The van der Waals surface area contributed by atoms with Gasteiger partial charge in [0, 0.05) is 28.5 Å². The zero-order valence-corrected chi connectivity index (χ0v) is 14.4. The molecule has 3 N–H and O–H groups in total. The Hall–Kier alpha value is -2.53. The number of nitrogens with one attached hydrogen (secondary N) is 3. The number of carbonyl (C=O) groups excluding carboxylic acids is 2. The van der Waals surface area contributed by atoms with E-state index in [1.54, 1.807) is 36.4 Å². The zero-order valence-electron chi connectivity index (χ0n) is 13.7. The standard InChI is InChI=1S/C18H20ClN3O2/c1-3-20-18(24)13-5-4-6-15(9-13)22-17(23)11-21-16-10-14(19)8-7-12(16)2/h4-10,21H,3,11H2,1-2H3,(H,20,24)(H,22,23). The van der Waals surface area contributed by atoms with Crippen LogP contribution in [0, 0.1) is 6.92 Å². The first-order valence-corrected chi connectivity index (χ1v) is 8.05. The highest BCUT2D eigenvalue weighted by molar-refractivity contribution is 6.30. The fourth-order valence-electron chi connectivity index (χ4n) is 2.17. The van der Waals surface area contributed by atoms with E-state index in [0.29, 0.717) is 22.8 Å². The summed E-state index contributed by atoms with van der Waals surface area (Å²) in [5.74, 6) is -0.372. The lowest BCUT2D eigenvalue weighted by Crippen LogP contribution is -2.24. The molecule has 2 aromatic rings. The fourth-order valence-corrected chi connectivity index (χ4v) is 2.34. The Balaban J connectivity index is 1.96. The molecule has 2 rings (SSSR count). The molecule has 0 aliphatic carbocycles. The summed E-state index contributed by atoms with van der Waals surface area (Å²) in [6, 6.07) is 12.3. The predicted octanol–water partition coefficient (Wildman–Crippen LogP) is 3.45. The second-order valence-corrected chi connectivity index (χ2v) is 5.74. The zero-order chi connectivity index (χ0) is 17.5. The third-order valence-electron chi connectivity index (χ3n) is 3.38. The molecule has 2 amide bonds. The van der Waals surface area contributed by atoms with Gasteiger partial charge in [0.15, 0.2) is 0 Å². The predicted molar refractivity (Wildman–Crippen MR) is 97.8 cm³/mol. The first-order chi connectivity index (χ1) is 11.5. The Morgan fingerprint density at radius 2 is 1.92 bits per heavy atom. The van der Waals surface area contributed by atoms with Crippen molar-refractivity contribution in [3.8, 4) is 0 Å². The summed E-state index contributed by atoms with van der Waals surface area (Å²) in [4.78, 5) is 23.9. The summed E-state index contributed by atoms with van der Waals surface area (Å²) < 4.78 is 0. The maximum atomic E-state index is 12.1. The summed E-state index contributed by atoms with van der Waals surface area (Å²) in [5, 5.41) is 9.16. The highest BCUT2D eigenvalue weighted by Gasteiger charge is 2.08. The topological polar surface area (TPSA) is 70.2 Å². The molecule has 24 heavy (non-hydrogen) atoms. The van der Waals surface area contributed by atoms with E-state index >= 15 is 0 Å². The molecule has 2 aromatic carbocycles. The van der Waals surface area contributed by atoms with E-state index in [0.717, 1.165) is 11.3 Å². The van der Waals surface area contributed by atoms with Crippen molar-refractivity contribution in [2.45, 2.75) is 13.8 Å². The molecule has 0 saturated heterocycles. The first kappa shape index (κ1) is 17.8. The molecule has 0 fully saturated rings. The average Bonchev–Trinajstić information content (AvgIpc) is 2.56. The second-order valence-electron chi connectivity index (χ2n) is 5.30. The Morgan fingerprint density at radius 3 is 2.67 bits per heavy atom. The highest BCUT2D eigenvalue weighted by atomic mass is 35.5. The largest absolute Gasteiger partial charge is 0.376 e. The van der Waals surface area contributed by atoms with Crippen LogP contribution >= 0.6 is 11.6 Å². The Kier molecular flexibility index (Phi) is 6.21. The number of rotatable bonds is 6. The van der Waals surface area contributed by atoms with Crippen LogP contribution < -0.4 is 16.0 Å². The van der Waals surface area contributed by atoms with Crippen molar-refractivity contribution in [2.24, 2.45) is 0 Å². The van der Waals surface area contributed by atoms with E-state index in [1.807, 2.05) is 19.9 Å². The molecule has 5 nitrogen and oxygen atoms in total. The third-order valence-corrected chi connectivity index (χ3v) is 3.62. The van der Waals surface area contributed by atoms with Crippen molar-refractivity contribution in [1.82, 2.24) is 5.32 Å². The SMILES string of the molecule is CCNC(=O)c1cccc(NC(=O)CNc2cc(Cl)ccc2C)c1. The number of aryl methyl sites for hydroxylation is 1. The molecule has 6 heteroatoms. The lowest BCUT2D eigenvalue weighted by atomic mass is 10.2. The average molecular weight is 346 g/mol. The quantitative estimate of drug-likeness (QED) is 0.751. The Bertz CT molecular complexity index is 747. The van der Waals surface area contributed by atoms with E-state index in [-0.39, 0.29) is 18.4 Å². The van der Waals surface area contributed by atoms with Crippen molar-refractivity contribution in [3.05, 3.63) is 58.6 Å². The molecule has 0 atom stereocenters. The highest BCUT2D eigenvalue weighted by Crippen LogP contribution is 2.20. The van der Waals surface area contributed by atoms with Crippen LogP contribution in [0.4, 0.5) is 11.4 Å². The Morgan fingerprint density at radius 1 is 1.12 bits per heavy atom. The molecule has 0 radical (unpaired) electrons. The van der Waals surface area contributed by atoms with Crippen molar-refractivity contribution in [2.75, 3.05) is 23.7 Å². The van der Waals surface area contributed by atoms with Crippen LogP contribution in [-0.2, 0) is 4.79 Å². The molecule has 0 heterocycles. The van der Waals surface area contributed by atoms with Gasteiger partial charge in [-0.3, -0.25) is 9.59 Å². The number of anilines is 2. The van der Waals surface area contributed by atoms with Crippen LogP contribution in [-0.4, -0.2) is 24.9 Å². The molecule has 0 aliphatic heterocycles. The van der Waals surface area contributed by atoms with Crippen molar-refractivity contribution in [1.29, 1.82) is 0 Å². The molecule has 0 saturated carbocycles. The number of halogens is 1. The van der Waals surface area contributed by atoms with Crippen LogP contribution in [0.5, 0.6) is 0 Å². The van der Waals surface area contributed by atoms with E-state index in [9.17, 15) is 9.59 Å². The van der Waals surface area contributed by atoms with Crippen LogP contribution in [0.2, 0.25) is 5.02 Å². The summed E-state index contributed by atoms with van der Waals surface area (Å²) in [7, 11) is 0. The second kappa shape index (κ2) is 8.36. The molecular weight excluding hydrogens is 326 g/mol. The smallest absolute Gasteiger partial charge is 0.251 e. The van der Waals surface area contributed by atoms with Gasteiger partial charge >= 0.3 is 0 Å². The van der Waals surface area contributed by atoms with Crippen LogP contribution in [0.3, 0.4) is 0 Å². The van der Waals surface area contributed by atoms with E-state index in [2.05, 4.69) is 16.0 Å². The van der Waals surface area contributed by atoms with Gasteiger partial charge in [0.2, 0.25) is 5.91 Å². The number of hydrogen-bond donors (Lipinski definition) is 3. The maximum Gasteiger partial charge on any atom is 0.251 e. The third kappa shape index (κ3) is 4.99. The first-order valence-electron chi connectivity index (χ1n) is 7.67. The molecule has 0 aromatic heterocycles. The van der Waals surface area contributed by atoms with E-state index < -0.39 is 0 Å². The lowest BCUT2D eigenvalue weighted by Gasteiger charge is -2.11. The summed E-state index contributed by atoms with van der Waals surface area (Å²) in [5.41, 5.74) is 2.90. The summed E-state index contributed by atoms with van der Waals surface area (Å²) >= 11 is 5.96. The minimum Gasteiger partial charge on any atom is -0.376 e. The summed E-state index contributed by atoms with van der Waals surface area (Å²) in [6.07, 6.45) is 0.